The molecule has 1 N–H and O–H groups in total. The number of nitrogens with zero attached hydrogens (tertiary/aromatic N) is 7. The number of pyridine rings is 3. The lowest BCUT2D eigenvalue weighted by molar-refractivity contribution is 0.313. The van der Waals surface area contributed by atoms with Crippen LogP contribution in [0.5, 0.6) is 5.75 Å². The third-order valence-corrected chi connectivity index (χ3v) is 8.23. The quantitative estimate of drug-likeness (QED) is 0.233. The molecule has 6 aromatic rings. The second-order valence-corrected chi connectivity index (χ2v) is 11.4. The SMILES string of the molecule is CN1CCN(c2ccc(Nc3ncc4cc(C#COc5ccccc5F)c(=O)n(Cc5cnccc5-c5ccncc5)c4n3)cc2)CC1. The summed E-state index contributed by atoms with van der Waals surface area (Å²) in [7, 11) is 2.14. The number of likely N-dealkylation sites (N-methyl/N-ethyl adjacent to an activating group) is 1. The maximum absolute atomic E-state index is 14.1. The maximum atomic E-state index is 14.1. The highest BCUT2D eigenvalue weighted by Gasteiger charge is 2.16. The van der Waals surface area contributed by atoms with E-state index in [0.29, 0.717) is 17.0 Å². The fraction of sp³-hybridized carbons (Fsp3) is 0.162. The summed E-state index contributed by atoms with van der Waals surface area (Å²) < 4.78 is 21.0. The van der Waals surface area contributed by atoms with Crippen molar-refractivity contribution in [1.82, 2.24) is 29.4 Å². The van der Waals surface area contributed by atoms with Crippen LogP contribution in [0.1, 0.15) is 11.1 Å². The van der Waals surface area contributed by atoms with E-state index < -0.39 is 11.4 Å². The van der Waals surface area contributed by atoms with Gasteiger partial charge in [-0.25, -0.2) is 9.37 Å². The van der Waals surface area contributed by atoms with Crippen LogP contribution in [0.15, 0.2) is 109 Å². The Morgan fingerprint density at radius 1 is 0.917 bits per heavy atom. The van der Waals surface area contributed by atoms with Crippen LogP contribution < -0.4 is 20.5 Å². The van der Waals surface area contributed by atoms with Gasteiger partial charge in [0.1, 0.15) is 11.8 Å². The zero-order valence-electron chi connectivity index (χ0n) is 26.2. The number of rotatable bonds is 7. The first-order valence-corrected chi connectivity index (χ1v) is 15.5. The number of aromatic nitrogens is 5. The standard InChI is InChI=1S/C37H31FN8O2/c1-44-17-19-45(20-18-44)31-8-6-30(7-9-31)42-37-41-24-28-22-27(13-21-48-34-5-3-2-4-33(34)38)36(47)46(35(28)43-37)25-29-23-40-16-12-32(29)26-10-14-39-15-11-26/h2-12,14-16,22-24H,17-20,25H2,1H3,(H,41,42,43). The molecule has 0 spiro atoms. The Morgan fingerprint density at radius 2 is 1.69 bits per heavy atom. The molecule has 2 aromatic carbocycles. The molecule has 1 aliphatic heterocycles. The summed E-state index contributed by atoms with van der Waals surface area (Å²) in [6.07, 6.45) is 11.0. The van der Waals surface area contributed by atoms with E-state index in [1.807, 2.05) is 30.3 Å². The monoisotopic (exact) mass is 638 g/mol. The average Bonchev–Trinajstić information content (AvgIpc) is 3.12. The Balaban J connectivity index is 1.24. The number of piperazine rings is 1. The molecule has 1 saturated heterocycles. The molecule has 0 unspecified atom stereocenters. The van der Waals surface area contributed by atoms with E-state index in [-0.39, 0.29) is 17.9 Å². The predicted molar refractivity (Wildman–Crippen MR) is 184 cm³/mol. The number of halogens is 1. The number of hydrogen-bond acceptors (Lipinski definition) is 9. The molecule has 1 aliphatic rings. The van der Waals surface area contributed by atoms with Crippen LogP contribution in [0.3, 0.4) is 0 Å². The van der Waals surface area contributed by atoms with Crippen molar-refractivity contribution in [3.63, 3.8) is 0 Å². The summed E-state index contributed by atoms with van der Waals surface area (Å²) in [4.78, 5) is 36.5. The molecule has 1 fully saturated rings. The summed E-state index contributed by atoms with van der Waals surface area (Å²) in [5, 5.41) is 3.88. The molecule has 0 saturated carbocycles. The van der Waals surface area contributed by atoms with Crippen molar-refractivity contribution in [2.45, 2.75) is 6.54 Å². The van der Waals surface area contributed by atoms with Gasteiger partial charge in [0.15, 0.2) is 11.6 Å². The third kappa shape index (κ3) is 6.70. The molecule has 238 valence electrons. The van der Waals surface area contributed by atoms with E-state index in [9.17, 15) is 9.18 Å². The zero-order valence-corrected chi connectivity index (χ0v) is 26.2. The van der Waals surface area contributed by atoms with Crippen LogP contribution in [0.25, 0.3) is 22.2 Å². The summed E-state index contributed by atoms with van der Waals surface area (Å²) >= 11 is 0. The highest BCUT2D eigenvalue weighted by Crippen LogP contribution is 2.25. The van der Waals surface area contributed by atoms with Gasteiger partial charge in [0.05, 0.1) is 12.1 Å². The fourth-order valence-electron chi connectivity index (χ4n) is 5.60. The van der Waals surface area contributed by atoms with E-state index in [2.05, 4.69) is 61.3 Å². The van der Waals surface area contributed by atoms with Gasteiger partial charge in [-0.3, -0.25) is 19.3 Å². The van der Waals surface area contributed by atoms with E-state index in [1.54, 1.807) is 53.8 Å². The number of fused-ring (bicyclic) bond motifs is 1. The number of ether oxygens (including phenoxy) is 1. The minimum atomic E-state index is -0.551. The topological polar surface area (TPSA) is 101 Å². The van der Waals surface area contributed by atoms with Crippen LogP contribution in [0.2, 0.25) is 0 Å². The molecule has 0 amide bonds. The first-order chi connectivity index (χ1) is 23.5. The van der Waals surface area contributed by atoms with Crippen molar-refractivity contribution >= 4 is 28.4 Å². The average molecular weight is 639 g/mol. The van der Waals surface area contributed by atoms with E-state index >= 15 is 0 Å². The number of benzene rings is 2. The largest absolute Gasteiger partial charge is 0.404 e. The lowest BCUT2D eigenvalue weighted by atomic mass is 10.0. The normalized spacial score (nSPS) is 13.2. The maximum Gasteiger partial charge on any atom is 0.268 e. The van der Waals surface area contributed by atoms with Gasteiger partial charge in [-0.15, -0.1) is 0 Å². The fourth-order valence-corrected chi connectivity index (χ4v) is 5.60. The first-order valence-electron chi connectivity index (χ1n) is 15.5. The van der Waals surface area contributed by atoms with Gasteiger partial charge in [0.25, 0.3) is 5.56 Å². The van der Waals surface area contributed by atoms with Crippen LogP contribution >= 0.6 is 0 Å². The van der Waals surface area contributed by atoms with Gasteiger partial charge in [0, 0.05) is 73.9 Å². The molecule has 11 heteroatoms. The Bertz CT molecular complexity index is 2190. The Labute approximate surface area is 276 Å². The Kier molecular flexibility index (Phi) is 8.72. The Morgan fingerprint density at radius 3 is 2.48 bits per heavy atom. The van der Waals surface area contributed by atoms with E-state index in [0.717, 1.165) is 54.2 Å². The Hall–Kier alpha value is -6.12. The van der Waals surface area contributed by atoms with Gasteiger partial charge in [-0.05, 0) is 90.3 Å². The molecular formula is C37H31FN8O2. The molecule has 48 heavy (non-hydrogen) atoms. The lowest BCUT2D eigenvalue weighted by Gasteiger charge is -2.34. The molecule has 4 aromatic heterocycles. The summed E-state index contributed by atoms with van der Waals surface area (Å²) in [6, 6.07) is 21.4. The molecule has 0 radical (unpaired) electrons. The second-order valence-electron chi connectivity index (χ2n) is 11.4. The van der Waals surface area contributed by atoms with Crippen molar-refractivity contribution in [1.29, 1.82) is 0 Å². The van der Waals surface area contributed by atoms with Gasteiger partial charge >= 0.3 is 0 Å². The summed E-state index contributed by atoms with van der Waals surface area (Å²) in [6.45, 7) is 4.18. The molecular weight excluding hydrogens is 607 g/mol. The van der Waals surface area contributed by atoms with Crippen LogP contribution in [0.4, 0.5) is 21.7 Å². The molecule has 10 nitrogen and oxygen atoms in total. The van der Waals surface area contributed by atoms with E-state index in [4.69, 9.17) is 9.72 Å². The molecule has 5 heterocycles. The number of hydrogen-bond donors (Lipinski definition) is 1. The van der Waals surface area contributed by atoms with Crippen molar-refractivity contribution < 1.29 is 9.13 Å². The van der Waals surface area contributed by atoms with Gasteiger partial charge in [-0.1, -0.05) is 12.1 Å². The van der Waals surface area contributed by atoms with Crippen molar-refractivity contribution in [3.8, 4) is 28.9 Å². The second kappa shape index (κ2) is 13.7. The molecule has 7 rings (SSSR count). The zero-order chi connectivity index (χ0) is 32.9. The lowest BCUT2D eigenvalue weighted by Crippen LogP contribution is -2.44. The van der Waals surface area contributed by atoms with Crippen LogP contribution in [0, 0.1) is 17.8 Å². The predicted octanol–water partition coefficient (Wildman–Crippen LogP) is 5.32. The third-order valence-electron chi connectivity index (χ3n) is 8.23. The van der Waals surface area contributed by atoms with Crippen molar-refractivity contribution in [2.24, 2.45) is 0 Å². The summed E-state index contributed by atoms with van der Waals surface area (Å²) in [5.41, 5.74) is 4.79. The van der Waals surface area contributed by atoms with Crippen LogP contribution in [-0.2, 0) is 6.54 Å². The summed E-state index contributed by atoms with van der Waals surface area (Å²) in [5.74, 6) is 2.53. The minimum absolute atomic E-state index is 0.0286. The van der Waals surface area contributed by atoms with Gasteiger partial charge in [0.2, 0.25) is 5.95 Å². The first kappa shape index (κ1) is 30.5. The van der Waals surface area contributed by atoms with E-state index in [1.165, 1.54) is 12.1 Å². The number of anilines is 3. The number of nitrogens with one attached hydrogen (secondary N) is 1. The minimum Gasteiger partial charge on any atom is -0.404 e. The number of para-hydroxylation sites is 1. The van der Waals surface area contributed by atoms with Crippen LogP contribution in [-0.4, -0.2) is 62.6 Å². The smallest absolute Gasteiger partial charge is 0.268 e. The van der Waals surface area contributed by atoms with Crippen molar-refractivity contribution in [3.05, 3.63) is 131 Å². The van der Waals surface area contributed by atoms with Gasteiger partial charge in [-0.2, -0.15) is 4.98 Å². The molecule has 0 bridgehead atoms. The van der Waals surface area contributed by atoms with Crippen molar-refractivity contribution in [2.75, 3.05) is 43.4 Å². The highest BCUT2D eigenvalue weighted by atomic mass is 19.1. The molecule has 0 aliphatic carbocycles. The molecule has 0 atom stereocenters. The van der Waals surface area contributed by atoms with Gasteiger partial charge < -0.3 is 19.9 Å². The highest BCUT2D eigenvalue weighted by molar-refractivity contribution is 5.78.